The molecule has 0 aromatic rings. The number of rotatable bonds is 6. The van der Waals surface area contributed by atoms with E-state index in [9.17, 15) is 0 Å². The minimum absolute atomic E-state index is 0.0813. The maximum atomic E-state index is 6.12. The molecule has 1 unspecified atom stereocenters. The van der Waals surface area contributed by atoms with Crippen LogP contribution in [-0.4, -0.2) is 18.8 Å². The molecule has 0 aliphatic carbocycles. The van der Waals surface area contributed by atoms with Gasteiger partial charge in [-0.1, -0.05) is 26.7 Å². The highest BCUT2D eigenvalue weighted by atomic mass is 16.5. The molecule has 13 heavy (non-hydrogen) atoms. The zero-order valence-corrected chi connectivity index (χ0v) is 9.76. The SMILES string of the molecule is CCC(CC)C(N)CC(C)(C)OC. The maximum Gasteiger partial charge on any atom is 0.0637 e. The zero-order valence-electron chi connectivity index (χ0n) is 9.76. The Morgan fingerprint density at radius 1 is 1.23 bits per heavy atom. The molecule has 2 nitrogen and oxygen atoms in total. The quantitative estimate of drug-likeness (QED) is 0.693. The number of methoxy groups -OCH3 is 1. The van der Waals surface area contributed by atoms with Crippen molar-refractivity contribution in [2.24, 2.45) is 11.7 Å². The third kappa shape index (κ3) is 4.63. The Balaban J connectivity index is 4.04. The first kappa shape index (κ1) is 12.9. The molecule has 0 aliphatic heterocycles. The van der Waals surface area contributed by atoms with E-state index < -0.39 is 0 Å². The van der Waals surface area contributed by atoms with Gasteiger partial charge in [0.25, 0.3) is 0 Å². The summed E-state index contributed by atoms with van der Waals surface area (Å²) in [7, 11) is 1.75. The highest BCUT2D eigenvalue weighted by Gasteiger charge is 2.24. The maximum absolute atomic E-state index is 6.12. The molecule has 0 aliphatic rings. The second kappa shape index (κ2) is 5.61. The molecular weight excluding hydrogens is 162 g/mol. The van der Waals surface area contributed by atoms with Crippen molar-refractivity contribution >= 4 is 0 Å². The first-order valence-electron chi connectivity index (χ1n) is 5.27. The second-order valence-electron chi connectivity index (χ2n) is 4.41. The average Bonchev–Trinajstić information content (AvgIpc) is 2.06. The number of ether oxygens (including phenoxy) is 1. The van der Waals surface area contributed by atoms with Crippen LogP contribution in [0.5, 0.6) is 0 Å². The minimum Gasteiger partial charge on any atom is -0.379 e. The van der Waals surface area contributed by atoms with Crippen molar-refractivity contribution in [1.29, 1.82) is 0 Å². The normalized spacial score (nSPS) is 15.0. The average molecular weight is 187 g/mol. The fourth-order valence-corrected chi connectivity index (χ4v) is 1.71. The van der Waals surface area contributed by atoms with Gasteiger partial charge in [0.2, 0.25) is 0 Å². The lowest BCUT2D eigenvalue weighted by Gasteiger charge is -2.30. The Bertz CT molecular complexity index is 130. The second-order valence-corrected chi connectivity index (χ2v) is 4.41. The zero-order chi connectivity index (χ0) is 10.5. The molecule has 1 atom stereocenters. The van der Waals surface area contributed by atoms with Gasteiger partial charge < -0.3 is 10.5 Å². The summed E-state index contributed by atoms with van der Waals surface area (Å²) < 4.78 is 5.37. The van der Waals surface area contributed by atoms with Crippen LogP contribution in [0.1, 0.15) is 47.0 Å². The van der Waals surface area contributed by atoms with Gasteiger partial charge in [0.1, 0.15) is 0 Å². The van der Waals surface area contributed by atoms with Crippen LogP contribution in [0.15, 0.2) is 0 Å². The molecule has 2 N–H and O–H groups in total. The third-order valence-electron chi connectivity index (χ3n) is 2.93. The predicted octanol–water partition coefficient (Wildman–Crippen LogP) is 2.57. The molecule has 80 valence electrons. The Labute approximate surface area is 82.8 Å². The molecular formula is C11H25NO. The van der Waals surface area contributed by atoms with Gasteiger partial charge in [-0.3, -0.25) is 0 Å². The van der Waals surface area contributed by atoms with Crippen LogP contribution in [0, 0.1) is 5.92 Å². The molecule has 0 saturated heterocycles. The fraction of sp³-hybridized carbons (Fsp3) is 1.00. The summed E-state index contributed by atoms with van der Waals surface area (Å²) >= 11 is 0. The molecule has 0 aromatic heterocycles. The van der Waals surface area contributed by atoms with Gasteiger partial charge in [0.15, 0.2) is 0 Å². The molecule has 0 bridgehead atoms. The summed E-state index contributed by atoms with van der Waals surface area (Å²) in [4.78, 5) is 0. The molecule has 0 saturated carbocycles. The van der Waals surface area contributed by atoms with E-state index in [0.29, 0.717) is 5.92 Å². The summed E-state index contributed by atoms with van der Waals surface area (Å²) in [6.07, 6.45) is 3.27. The van der Waals surface area contributed by atoms with E-state index in [-0.39, 0.29) is 11.6 Å². The van der Waals surface area contributed by atoms with Gasteiger partial charge in [0.05, 0.1) is 5.60 Å². The van der Waals surface area contributed by atoms with Crippen LogP contribution < -0.4 is 5.73 Å². The standard InChI is InChI=1S/C11H25NO/c1-6-9(7-2)10(12)8-11(3,4)13-5/h9-10H,6-8,12H2,1-5H3. The van der Waals surface area contributed by atoms with Crippen LogP contribution in [0.2, 0.25) is 0 Å². The number of hydrogen-bond acceptors (Lipinski definition) is 2. The smallest absolute Gasteiger partial charge is 0.0637 e. The summed E-state index contributed by atoms with van der Waals surface area (Å²) in [6.45, 7) is 8.59. The van der Waals surface area contributed by atoms with Crippen LogP contribution in [0.3, 0.4) is 0 Å². The lowest BCUT2D eigenvalue weighted by molar-refractivity contribution is 0.00509. The van der Waals surface area contributed by atoms with E-state index in [2.05, 4.69) is 27.7 Å². The lowest BCUT2D eigenvalue weighted by atomic mass is 9.87. The van der Waals surface area contributed by atoms with Gasteiger partial charge in [0, 0.05) is 13.2 Å². The molecule has 0 spiro atoms. The van der Waals surface area contributed by atoms with E-state index in [1.807, 2.05) is 0 Å². The van der Waals surface area contributed by atoms with Crippen molar-refractivity contribution < 1.29 is 4.74 Å². The Kier molecular flexibility index (Phi) is 5.57. The molecule has 2 heteroatoms. The molecule has 0 rings (SSSR count). The van der Waals surface area contributed by atoms with Gasteiger partial charge in [-0.05, 0) is 26.2 Å². The summed E-state index contributed by atoms with van der Waals surface area (Å²) in [5.41, 5.74) is 6.04. The van der Waals surface area contributed by atoms with Crippen LogP contribution in [-0.2, 0) is 4.74 Å². The van der Waals surface area contributed by atoms with Gasteiger partial charge >= 0.3 is 0 Å². The van der Waals surface area contributed by atoms with Crippen molar-refractivity contribution in [2.75, 3.05) is 7.11 Å². The van der Waals surface area contributed by atoms with Crippen LogP contribution in [0.25, 0.3) is 0 Å². The first-order chi connectivity index (χ1) is 5.96. The molecule has 0 amide bonds. The highest BCUT2D eigenvalue weighted by molar-refractivity contribution is 4.80. The summed E-state index contributed by atoms with van der Waals surface area (Å²) in [5.74, 6) is 0.634. The van der Waals surface area contributed by atoms with Gasteiger partial charge in [-0.15, -0.1) is 0 Å². The summed E-state index contributed by atoms with van der Waals surface area (Å²) in [5, 5.41) is 0. The van der Waals surface area contributed by atoms with Crippen molar-refractivity contribution in [3.05, 3.63) is 0 Å². The fourth-order valence-electron chi connectivity index (χ4n) is 1.71. The van der Waals surface area contributed by atoms with Gasteiger partial charge in [-0.2, -0.15) is 0 Å². The topological polar surface area (TPSA) is 35.2 Å². The largest absolute Gasteiger partial charge is 0.379 e. The van der Waals surface area contributed by atoms with Gasteiger partial charge in [-0.25, -0.2) is 0 Å². The minimum atomic E-state index is -0.0813. The van der Waals surface area contributed by atoms with E-state index in [4.69, 9.17) is 10.5 Å². The van der Waals surface area contributed by atoms with E-state index in [1.165, 1.54) is 0 Å². The van der Waals surface area contributed by atoms with Crippen LogP contribution >= 0.6 is 0 Å². The summed E-state index contributed by atoms with van der Waals surface area (Å²) in [6, 6.07) is 0.268. The van der Waals surface area contributed by atoms with Crippen molar-refractivity contribution in [1.82, 2.24) is 0 Å². The first-order valence-corrected chi connectivity index (χ1v) is 5.27. The van der Waals surface area contributed by atoms with E-state index >= 15 is 0 Å². The van der Waals surface area contributed by atoms with Crippen LogP contribution in [0.4, 0.5) is 0 Å². The molecule has 0 radical (unpaired) electrons. The van der Waals surface area contributed by atoms with E-state index in [0.717, 1.165) is 19.3 Å². The lowest BCUT2D eigenvalue weighted by Crippen LogP contribution is -2.38. The molecule has 0 aromatic carbocycles. The number of nitrogens with two attached hydrogens (primary N) is 1. The van der Waals surface area contributed by atoms with Crippen molar-refractivity contribution in [2.45, 2.75) is 58.6 Å². The molecule has 0 fully saturated rings. The van der Waals surface area contributed by atoms with Crippen molar-refractivity contribution in [3.63, 3.8) is 0 Å². The van der Waals surface area contributed by atoms with Crippen molar-refractivity contribution in [3.8, 4) is 0 Å². The Morgan fingerprint density at radius 3 is 2.00 bits per heavy atom. The third-order valence-corrected chi connectivity index (χ3v) is 2.93. The predicted molar refractivity (Wildman–Crippen MR) is 57.8 cm³/mol. The Hall–Kier alpha value is -0.0800. The molecule has 0 heterocycles. The number of hydrogen-bond donors (Lipinski definition) is 1. The Morgan fingerprint density at radius 2 is 1.69 bits per heavy atom. The van der Waals surface area contributed by atoms with E-state index in [1.54, 1.807) is 7.11 Å². The monoisotopic (exact) mass is 187 g/mol. The highest BCUT2D eigenvalue weighted by Crippen LogP contribution is 2.22.